The van der Waals surface area contributed by atoms with Crippen LogP contribution in [0.15, 0.2) is 90.9 Å². The van der Waals surface area contributed by atoms with Crippen molar-refractivity contribution in [3.8, 4) is 11.5 Å². The highest BCUT2D eigenvalue weighted by atomic mass is 79.9. The summed E-state index contributed by atoms with van der Waals surface area (Å²) in [6.45, 7) is 2.63. The molecular formula is C26H19BrO5. The highest BCUT2D eigenvalue weighted by Crippen LogP contribution is 2.25. The van der Waals surface area contributed by atoms with E-state index >= 15 is 0 Å². The van der Waals surface area contributed by atoms with Gasteiger partial charge in [0.2, 0.25) is 0 Å². The Balaban J connectivity index is 1.21. The summed E-state index contributed by atoms with van der Waals surface area (Å²) in [4.78, 5) is 11.6. The van der Waals surface area contributed by atoms with Crippen molar-refractivity contribution in [2.45, 2.75) is 20.1 Å². The maximum Gasteiger partial charge on any atom is 0.336 e. The smallest absolute Gasteiger partial charge is 0.336 e. The Labute approximate surface area is 192 Å². The van der Waals surface area contributed by atoms with E-state index < -0.39 is 0 Å². The van der Waals surface area contributed by atoms with Crippen LogP contribution in [-0.2, 0) is 13.2 Å². The van der Waals surface area contributed by atoms with Crippen molar-refractivity contribution in [3.05, 3.63) is 105 Å². The molecule has 2 heterocycles. The standard InChI is InChI=1S/C26H19BrO5/c1-16-10-26(28)32-25-13-21(7-8-23(16)25)29-14-17-2-5-20(6-3-17)30-15-22-12-18-11-19(27)4-9-24(18)31-22/h2-13H,14-15H2,1H3. The number of fused-ring (bicyclic) bond motifs is 2. The maximum atomic E-state index is 11.6. The Morgan fingerprint density at radius 3 is 2.41 bits per heavy atom. The van der Waals surface area contributed by atoms with Crippen molar-refractivity contribution in [2.75, 3.05) is 0 Å². The molecule has 32 heavy (non-hydrogen) atoms. The van der Waals surface area contributed by atoms with E-state index in [2.05, 4.69) is 15.9 Å². The van der Waals surface area contributed by atoms with Crippen LogP contribution in [0.2, 0.25) is 0 Å². The molecule has 0 saturated carbocycles. The van der Waals surface area contributed by atoms with Gasteiger partial charge in [-0.1, -0.05) is 28.1 Å². The van der Waals surface area contributed by atoms with E-state index in [0.29, 0.717) is 24.5 Å². The lowest BCUT2D eigenvalue weighted by atomic mass is 10.1. The monoisotopic (exact) mass is 490 g/mol. The van der Waals surface area contributed by atoms with E-state index in [9.17, 15) is 4.79 Å². The summed E-state index contributed by atoms with van der Waals surface area (Å²) in [6, 6.07) is 22.6. The van der Waals surface area contributed by atoms with Crippen LogP contribution in [-0.4, -0.2) is 0 Å². The predicted octanol–water partition coefficient (Wildman–Crippen LogP) is 6.77. The lowest BCUT2D eigenvalue weighted by molar-refractivity contribution is 0.274. The van der Waals surface area contributed by atoms with Gasteiger partial charge in [-0.15, -0.1) is 0 Å². The Morgan fingerprint density at radius 1 is 0.781 bits per heavy atom. The van der Waals surface area contributed by atoms with Crippen LogP contribution in [0.3, 0.4) is 0 Å². The topological polar surface area (TPSA) is 61.8 Å². The Hall–Kier alpha value is -3.51. The van der Waals surface area contributed by atoms with Crippen LogP contribution in [0.1, 0.15) is 16.9 Å². The fourth-order valence-corrected chi connectivity index (χ4v) is 3.92. The third-order valence-corrected chi connectivity index (χ3v) is 5.66. The lowest BCUT2D eigenvalue weighted by Crippen LogP contribution is -1.99. The number of benzene rings is 3. The minimum atomic E-state index is -0.363. The number of hydrogen-bond acceptors (Lipinski definition) is 5. The number of rotatable bonds is 6. The van der Waals surface area contributed by atoms with Crippen molar-refractivity contribution in [1.29, 1.82) is 0 Å². The Bertz CT molecular complexity index is 1460. The second-order valence-electron chi connectivity index (χ2n) is 7.52. The zero-order valence-electron chi connectivity index (χ0n) is 17.3. The number of hydrogen-bond donors (Lipinski definition) is 0. The van der Waals surface area contributed by atoms with Crippen molar-refractivity contribution < 1.29 is 18.3 Å². The van der Waals surface area contributed by atoms with Gasteiger partial charge >= 0.3 is 5.63 Å². The van der Waals surface area contributed by atoms with E-state index in [1.54, 1.807) is 6.07 Å². The first kappa shape index (κ1) is 20.4. The molecule has 0 amide bonds. The molecule has 0 fully saturated rings. The Morgan fingerprint density at radius 2 is 1.56 bits per heavy atom. The normalized spacial score (nSPS) is 11.2. The predicted molar refractivity (Wildman–Crippen MR) is 126 cm³/mol. The molecule has 3 aromatic carbocycles. The minimum Gasteiger partial charge on any atom is -0.489 e. The van der Waals surface area contributed by atoms with Crippen molar-refractivity contribution >= 4 is 37.9 Å². The second kappa shape index (κ2) is 8.55. The fraction of sp³-hybridized carbons (Fsp3) is 0.115. The van der Waals surface area contributed by atoms with Gasteiger partial charge in [0.15, 0.2) is 0 Å². The molecule has 0 aliphatic heterocycles. The number of furan rings is 1. The van der Waals surface area contributed by atoms with Gasteiger partial charge in [0.25, 0.3) is 0 Å². The van der Waals surface area contributed by atoms with E-state index in [-0.39, 0.29) is 5.63 Å². The lowest BCUT2D eigenvalue weighted by Gasteiger charge is -2.09. The summed E-state index contributed by atoms with van der Waals surface area (Å²) in [7, 11) is 0. The summed E-state index contributed by atoms with van der Waals surface area (Å²) in [6.07, 6.45) is 0. The average molecular weight is 491 g/mol. The quantitative estimate of drug-likeness (QED) is 0.246. The van der Waals surface area contributed by atoms with Gasteiger partial charge in [-0.2, -0.15) is 0 Å². The van der Waals surface area contributed by atoms with Crippen molar-refractivity contribution in [3.63, 3.8) is 0 Å². The Kier molecular flexibility index (Phi) is 5.45. The van der Waals surface area contributed by atoms with E-state index in [4.69, 9.17) is 18.3 Å². The molecular weight excluding hydrogens is 472 g/mol. The van der Waals surface area contributed by atoms with Gasteiger partial charge in [-0.25, -0.2) is 4.79 Å². The van der Waals surface area contributed by atoms with Gasteiger partial charge in [0.05, 0.1) is 0 Å². The molecule has 0 radical (unpaired) electrons. The van der Waals surface area contributed by atoms with Gasteiger partial charge in [-0.05, 0) is 66.6 Å². The van der Waals surface area contributed by atoms with Crippen LogP contribution in [0.25, 0.3) is 21.9 Å². The van der Waals surface area contributed by atoms with Gasteiger partial charge < -0.3 is 18.3 Å². The van der Waals surface area contributed by atoms with Crippen LogP contribution in [0.5, 0.6) is 11.5 Å². The highest BCUT2D eigenvalue weighted by molar-refractivity contribution is 9.10. The molecule has 0 bridgehead atoms. The SMILES string of the molecule is Cc1cc(=O)oc2cc(OCc3ccc(OCc4cc5cc(Br)ccc5o4)cc3)ccc12. The molecule has 0 spiro atoms. The molecule has 2 aromatic heterocycles. The molecule has 5 rings (SSSR count). The first-order valence-electron chi connectivity index (χ1n) is 10.1. The number of aryl methyl sites for hydroxylation is 1. The van der Waals surface area contributed by atoms with E-state index in [0.717, 1.165) is 43.5 Å². The third-order valence-electron chi connectivity index (χ3n) is 5.16. The molecule has 5 aromatic rings. The molecule has 5 nitrogen and oxygen atoms in total. The molecule has 160 valence electrons. The summed E-state index contributed by atoms with van der Waals surface area (Å²) in [5, 5.41) is 1.93. The maximum absolute atomic E-state index is 11.6. The van der Waals surface area contributed by atoms with Gasteiger partial charge in [0.1, 0.15) is 41.6 Å². The van der Waals surface area contributed by atoms with Crippen LogP contribution in [0, 0.1) is 6.92 Å². The number of ether oxygens (including phenoxy) is 2. The van der Waals surface area contributed by atoms with Crippen molar-refractivity contribution in [1.82, 2.24) is 0 Å². The number of halogens is 1. The largest absolute Gasteiger partial charge is 0.489 e. The van der Waals surface area contributed by atoms with Gasteiger partial charge in [0, 0.05) is 27.4 Å². The molecule has 0 atom stereocenters. The average Bonchev–Trinajstić information content (AvgIpc) is 3.18. The van der Waals surface area contributed by atoms with E-state index in [1.165, 1.54) is 6.07 Å². The van der Waals surface area contributed by atoms with Crippen LogP contribution < -0.4 is 15.1 Å². The fourth-order valence-electron chi connectivity index (χ4n) is 3.54. The second-order valence-corrected chi connectivity index (χ2v) is 8.44. The van der Waals surface area contributed by atoms with Gasteiger partial charge in [-0.3, -0.25) is 0 Å². The van der Waals surface area contributed by atoms with Crippen LogP contribution >= 0.6 is 15.9 Å². The molecule has 0 unspecified atom stereocenters. The molecule has 0 aliphatic carbocycles. The molecule has 0 N–H and O–H groups in total. The van der Waals surface area contributed by atoms with E-state index in [1.807, 2.05) is 67.6 Å². The highest BCUT2D eigenvalue weighted by Gasteiger charge is 2.07. The minimum absolute atomic E-state index is 0.351. The van der Waals surface area contributed by atoms with Crippen molar-refractivity contribution in [2.24, 2.45) is 0 Å². The van der Waals surface area contributed by atoms with Crippen LogP contribution in [0.4, 0.5) is 0 Å². The summed E-state index contributed by atoms with van der Waals surface area (Å²) >= 11 is 3.47. The molecule has 0 aliphatic rings. The zero-order valence-corrected chi connectivity index (χ0v) is 18.8. The summed E-state index contributed by atoms with van der Waals surface area (Å²) in [5.74, 6) is 2.16. The summed E-state index contributed by atoms with van der Waals surface area (Å²) < 4.78 is 23.8. The summed E-state index contributed by atoms with van der Waals surface area (Å²) in [5.41, 5.74) is 2.88. The first-order chi connectivity index (χ1) is 15.5. The zero-order chi connectivity index (χ0) is 22.1. The molecule has 6 heteroatoms. The third kappa shape index (κ3) is 4.41. The molecule has 0 saturated heterocycles. The first-order valence-corrected chi connectivity index (χ1v) is 10.9.